The fourth-order valence-corrected chi connectivity index (χ4v) is 5.28. The number of nitrogens with zero attached hydrogens (tertiary/aromatic N) is 1. The van der Waals surface area contributed by atoms with Crippen molar-refractivity contribution in [1.82, 2.24) is 9.62 Å². The topological polar surface area (TPSA) is 92.8 Å². The molecule has 2 heterocycles. The molecule has 8 heteroatoms. The number of sulfonamides is 1. The van der Waals surface area contributed by atoms with Crippen LogP contribution in [0.2, 0.25) is 0 Å². The first-order chi connectivity index (χ1) is 13.0. The van der Waals surface area contributed by atoms with Crippen LogP contribution in [0.1, 0.15) is 46.4 Å². The number of carbonyl (C=O) groups is 2. The van der Waals surface area contributed by atoms with E-state index in [2.05, 4.69) is 4.72 Å². The Morgan fingerprint density at radius 3 is 2.33 bits per heavy atom. The molecule has 0 radical (unpaired) electrons. The van der Waals surface area contributed by atoms with Crippen molar-refractivity contribution < 1.29 is 22.7 Å². The number of rotatable bonds is 5. The maximum absolute atomic E-state index is 13.1. The van der Waals surface area contributed by atoms with Gasteiger partial charge < -0.3 is 9.64 Å². The highest BCUT2D eigenvalue weighted by Gasteiger charge is 2.42. The van der Waals surface area contributed by atoms with Gasteiger partial charge in [-0.2, -0.15) is 0 Å². The van der Waals surface area contributed by atoms with Crippen LogP contribution in [0.5, 0.6) is 0 Å². The largest absolute Gasteiger partial charge is 0.377 e. The van der Waals surface area contributed by atoms with Gasteiger partial charge in [0.15, 0.2) is 4.91 Å². The average molecular weight is 390 g/mol. The maximum Gasteiger partial charge on any atom is 0.246 e. The van der Waals surface area contributed by atoms with Crippen molar-refractivity contribution in [3.05, 3.63) is 46.0 Å². The van der Waals surface area contributed by atoms with Gasteiger partial charge in [0.2, 0.25) is 21.6 Å². The van der Waals surface area contributed by atoms with E-state index in [1.54, 1.807) is 23.1 Å². The van der Waals surface area contributed by atoms with E-state index in [-0.39, 0.29) is 29.5 Å². The number of ketones is 2. The zero-order chi connectivity index (χ0) is 19.0. The van der Waals surface area contributed by atoms with Crippen molar-refractivity contribution in [3.63, 3.8) is 0 Å². The van der Waals surface area contributed by atoms with Crippen molar-refractivity contribution in [2.45, 2.75) is 31.8 Å². The number of likely N-dealkylation sites (tertiary alicyclic amines) is 1. The molecular formula is C19H22N2O5S. The summed E-state index contributed by atoms with van der Waals surface area (Å²) in [5.41, 5.74) is 0.418. The molecule has 27 heavy (non-hydrogen) atoms. The van der Waals surface area contributed by atoms with Gasteiger partial charge in [0, 0.05) is 37.4 Å². The van der Waals surface area contributed by atoms with Crippen LogP contribution in [0.25, 0.3) is 0 Å². The van der Waals surface area contributed by atoms with Gasteiger partial charge in [-0.1, -0.05) is 24.3 Å². The zero-order valence-electron chi connectivity index (χ0n) is 14.9. The number of ether oxygens (including phenoxy) is 1. The van der Waals surface area contributed by atoms with Crippen LogP contribution >= 0.6 is 0 Å². The normalized spacial score (nSPS) is 23.3. The summed E-state index contributed by atoms with van der Waals surface area (Å²) in [7, 11) is -4.14. The fourth-order valence-electron chi connectivity index (χ4n) is 3.90. The second-order valence-corrected chi connectivity index (χ2v) is 8.77. The highest BCUT2D eigenvalue weighted by atomic mass is 32.2. The summed E-state index contributed by atoms with van der Waals surface area (Å²) >= 11 is 0. The summed E-state index contributed by atoms with van der Waals surface area (Å²) in [4.78, 5) is 27.5. The molecule has 7 nitrogen and oxygen atoms in total. The van der Waals surface area contributed by atoms with E-state index >= 15 is 0 Å². The van der Waals surface area contributed by atoms with Crippen LogP contribution < -0.4 is 4.72 Å². The molecule has 1 N–H and O–H groups in total. The molecule has 0 bridgehead atoms. The number of benzene rings is 1. The molecule has 2 saturated heterocycles. The highest BCUT2D eigenvalue weighted by Crippen LogP contribution is 2.32. The first-order valence-electron chi connectivity index (χ1n) is 9.28. The molecule has 1 unspecified atom stereocenters. The monoisotopic (exact) mass is 390 g/mol. The van der Waals surface area contributed by atoms with E-state index in [0.717, 1.165) is 25.7 Å². The lowest BCUT2D eigenvalue weighted by Crippen LogP contribution is -2.40. The molecule has 144 valence electrons. The number of hydrogen-bond acceptors (Lipinski definition) is 6. The van der Waals surface area contributed by atoms with Crippen molar-refractivity contribution in [2.75, 3.05) is 26.2 Å². The molecule has 0 aromatic heterocycles. The van der Waals surface area contributed by atoms with E-state index in [4.69, 9.17) is 4.74 Å². The Kier molecular flexibility index (Phi) is 4.88. The molecule has 4 rings (SSSR count). The molecule has 1 aliphatic carbocycles. The first-order valence-corrected chi connectivity index (χ1v) is 10.8. The smallest absolute Gasteiger partial charge is 0.246 e. The number of allylic oxidation sites excluding steroid dienone is 2. The van der Waals surface area contributed by atoms with Crippen molar-refractivity contribution in [3.8, 4) is 0 Å². The Hall–Kier alpha value is -2.03. The van der Waals surface area contributed by atoms with Gasteiger partial charge in [-0.15, -0.1) is 0 Å². The van der Waals surface area contributed by atoms with Gasteiger partial charge in [0.25, 0.3) is 0 Å². The van der Waals surface area contributed by atoms with E-state index in [1.807, 2.05) is 0 Å². The van der Waals surface area contributed by atoms with E-state index < -0.39 is 26.5 Å². The SMILES string of the molecule is O=C1C(N2CCCC2)=C(S(=O)(=O)NCC2CCCO2)C(=O)c2ccccc21. The van der Waals surface area contributed by atoms with Crippen LogP contribution in [0.3, 0.4) is 0 Å². The molecule has 1 aromatic carbocycles. The molecule has 0 spiro atoms. The van der Waals surface area contributed by atoms with Crippen molar-refractivity contribution >= 4 is 21.6 Å². The van der Waals surface area contributed by atoms with Crippen molar-refractivity contribution in [1.29, 1.82) is 0 Å². The third kappa shape index (κ3) is 3.33. The third-order valence-electron chi connectivity index (χ3n) is 5.27. The molecule has 3 aliphatic rings. The Labute approximate surface area is 158 Å². The van der Waals surface area contributed by atoms with Gasteiger partial charge in [-0.3, -0.25) is 9.59 Å². The van der Waals surface area contributed by atoms with Crippen LogP contribution in [-0.4, -0.2) is 57.2 Å². The summed E-state index contributed by atoms with van der Waals surface area (Å²) in [6.45, 7) is 1.85. The number of Topliss-reactive ketones (excluding diaryl/α,β-unsaturated/α-hetero) is 2. The lowest BCUT2D eigenvalue weighted by atomic mass is 9.92. The van der Waals surface area contributed by atoms with Gasteiger partial charge in [-0.05, 0) is 25.7 Å². The van der Waals surface area contributed by atoms with Gasteiger partial charge in [-0.25, -0.2) is 13.1 Å². The Balaban J connectivity index is 1.76. The standard InChI is InChI=1S/C19H22N2O5S/c22-17-14-7-1-2-8-15(14)18(23)19(16(17)21-9-3-4-10-21)27(24,25)20-12-13-6-5-11-26-13/h1-2,7-8,13,20H,3-6,9-12H2. The van der Waals surface area contributed by atoms with Crippen LogP contribution in [0.4, 0.5) is 0 Å². The van der Waals surface area contributed by atoms with Gasteiger partial charge in [0.1, 0.15) is 5.70 Å². The second kappa shape index (κ2) is 7.18. The van der Waals surface area contributed by atoms with Crippen LogP contribution in [0.15, 0.2) is 34.9 Å². The number of nitrogens with one attached hydrogen (secondary N) is 1. The average Bonchev–Trinajstić information content (AvgIpc) is 3.36. The number of fused-ring (bicyclic) bond motifs is 1. The number of carbonyl (C=O) groups excluding carboxylic acids is 2. The van der Waals surface area contributed by atoms with Crippen molar-refractivity contribution in [2.24, 2.45) is 0 Å². The summed E-state index contributed by atoms with van der Waals surface area (Å²) in [6.07, 6.45) is 3.19. The minimum absolute atomic E-state index is 0.0102. The van der Waals surface area contributed by atoms with Gasteiger partial charge >= 0.3 is 0 Å². The van der Waals surface area contributed by atoms with E-state index in [9.17, 15) is 18.0 Å². The highest BCUT2D eigenvalue weighted by molar-refractivity contribution is 7.94. The number of hydrogen-bond donors (Lipinski definition) is 1. The molecule has 0 saturated carbocycles. The summed E-state index contributed by atoms with van der Waals surface area (Å²) in [5.74, 6) is -1.02. The molecule has 2 fully saturated rings. The maximum atomic E-state index is 13.1. The second-order valence-electron chi connectivity index (χ2n) is 7.06. The van der Waals surface area contributed by atoms with E-state index in [1.165, 1.54) is 6.07 Å². The predicted molar refractivity (Wildman–Crippen MR) is 98.8 cm³/mol. The Morgan fingerprint density at radius 1 is 1.04 bits per heavy atom. The molecule has 1 aromatic rings. The minimum Gasteiger partial charge on any atom is -0.377 e. The Morgan fingerprint density at radius 2 is 1.70 bits per heavy atom. The van der Waals surface area contributed by atoms with Gasteiger partial charge in [0.05, 0.1) is 6.10 Å². The van der Waals surface area contributed by atoms with E-state index in [0.29, 0.717) is 19.7 Å². The quantitative estimate of drug-likeness (QED) is 0.819. The van der Waals surface area contributed by atoms with Crippen LogP contribution in [-0.2, 0) is 14.8 Å². The zero-order valence-corrected chi connectivity index (χ0v) is 15.8. The molecule has 1 atom stereocenters. The first kappa shape index (κ1) is 18.3. The van der Waals surface area contributed by atoms with Crippen LogP contribution in [0, 0.1) is 0 Å². The summed E-state index contributed by atoms with van der Waals surface area (Å²) < 4.78 is 34.1. The molecule has 0 amide bonds. The lowest BCUT2D eigenvalue weighted by molar-refractivity contribution is 0.0952. The molecular weight excluding hydrogens is 368 g/mol. The summed E-state index contributed by atoms with van der Waals surface area (Å²) in [6, 6.07) is 6.40. The Bertz CT molecular complexity index is 910. The molecule has 2 aliphatic heterocycles. The third-order valence-corrected chi connectivity index (χ3v) is 6.73. The minimum atomic E-state index is -4.14. The predicted octanol–water partition coefficient (Wildman–Crippen LogP) is 1.47. The fraction of sp³-hybridized carbons (Fsp3) is 0.474. The lowest BCUT2D eigenvalue weighted by Gasteiger charge is -2.28. The summed E-state index contributed by atoms with van der Waals surface area (Å²) in [5, 5.41) is 0.